The van der Waals surface area contributed by atoms with Gasteiger partial charge in [-0.2, -0.15) is 0 Å². The summed E-state index contributed by atoms with van der Waals surface area (Å²) in [7, 11) is 0. The minimum atomic E-state index is 0.660. The molecule has 0 spiro atoms. The summed E-state index contributed by atoms with van der Waals surface area (Å²) >= 11 is 0. The van der Waals surface area contributed by atoms with Crippen LogP contribution in [-0.2, 0) is 6.42 Å². The zero-order chi connectivity index (χ0) is 12.4. The first-order valence-electron chi connectivity index (χ1n) is 7.49. The molecule has 98 valence electrons. The summed E-state index contributed by atoms with van der Waals surface area (Å²) in [6.45, 7) is 5.95. The van der Waals surface area contributed by atoms with Crippen molar-refractivity contribution < 1.29 is 0 Å². The fourth-order valence-electron chi connectivity index (χ4n) is 3.38. The minimum Gasteiger partial charge on any atom is -0.385 e. The van der Waals surface area contributed by atoms with Gasteiger partial charge in [-0.15, -0.1) is 0 Å². The van der Waals surface area contributed by atoms with Crippen LogP contribution >= 0.6 is 0 Å². The number of nitrogens with zero attached hydrogens (tertiary/aromatic N) is 1. The van der Waals surface area contributed by atoms with E-state index in [1.807, 2.05) is 0 Å². The molecule has 1 aromatic rings. The van der Waals surface area contributed by atoms with Crippen molar-refractivity contribution >= 4 is 5.69 Å². The van der Waals surface area contributed by atoms with Crippen LogP contribution in [0.2, 0.25) is 0 Å². The number of likely N-dealkylation sites (tertiary alicyclic amines) is 1. The maximum absolute atomic E-state index is 3.56. The molecule has 1 atom stereocenters. The van der Waals surface area contributed by atoms with E-state index in [4.69, 9.17) is 0 Å². The van der Waals surface area contributed by atoms with Crippen molar-refractivity contribution in [2.24, 2.45) is 0 Å². The Balaban J connectivity index is 1.89. The first-order valence-corrected chi connectivity index (χ1v) is 7.49. The van der Waals surface area contributed by atoms with Gasteiger partial charge in [0.2, 0.25) is 0 Å². The number of nitrogens with one attached hydrogen (secondary N) is 1. The Morgan fingerprint density at radius 3 is 2.83 bits per heavy atom. The molecule has 0 aromatic heterocycles. The molecule has 1 N–H and O–H groups in total. The number of hydrogen-bond donors (Lipinski definition) is 1. The summed E-state index contributed by atoms with van der Waals surface area (Å²) in [6, 6.07) is 7.64. The van der Waals surface area contributed by atoms with Gasteiger partial charge in [0, 0.05) is 18.3 Å². The summed E-state index contributed by atoms with van der Waals surface area (Å²) in [5.74, 6) is 0. The molecule has 0 amide bonds. The second-order valence-corrected chi connectivity index (χ2v) is 5.60. The predicted octanol–water partition coefficient (Wildman–Crippen LogP) is 3.59. The van der Waals surface area contributed by atoms with Crippen molar-refractivity contribution in [1.82, 2.24) is 4.90 Å². The number of fused-ring (bicyclic) bond motifs is 1. The first-order chi connectivity index (χ1) is 8.88. The Kier molecular flexibility index (Phi) is 3.55. The maximum Gasteiger partial charge on any atom is 0.0388 e. The molecule has 18 heavy (non-hydrogen) atoms. The second kappa shape index (κ2) is 5.31. The van der Waals surface area contributed by atoms with Crippen LogP contribution in [0.15, 0.2) is 18.2 Å². The Morgan fingerprint density at radius 1 is 1.22 bits per heavy atom. The third kappa shape index (κ3) is 2.26. The van der Waals surface area contributed by atoms with Gasteiger partial charge < -0.3 is 5.32 Å². The van der Waals surface area contributed by atoms with Crippen molar-refractivity contribution in [2.45, 2.75) is 45.1 Å². The molecule has 1 saturated heterocycles. The highest BCUT2D eigenvalue weighted by Crippen LogP contribution is 2.36. The molecular formula is C16H24N2. The van der Waals surface area contributed by atoms with Gasteiger partial charge in [0.25, 0.3) is 0 Å². The number of benzene rings is 1. The molecule has 0 aliphatic carbocycles. The molecule has 2 nitrogen and oxygen atoms in total. The zero-order valence-electron chi connectivity index (χ0n) is 11.4. The largest absolute Gasteiger partial charge is 0.385 e. The monoisotopic (exact) mass is 244 g/mol. The van der Waals surface area contributed by atoms with Gasteiger partial charge in [0.05, 0.1) is 0 Å². The lowest BCUT2D eigenvalue weighted by Gasteiger charge is -2.38. The Bertz CT molecular complexity index is 408. The highest BCUT2D eigenvalue weighted by atomic mass is 15.2. The van der Waals surface area contributed by atoms with Crippen LogP contribution in [0.1, 0.15) is 49.8 Å². The van der Waals surface area contributed by atoms with Crippen LogP contribution in [0.3, 0.4) is 0 Å². The Labute approximate surface area is 110 Å². The fraction of sp³-hybridized carbons (Fsp3) is 0.625. The van der Waals surface area contributed by atoms with E-state index in [-0.39, 0.29) is 0 Å². The first kappa shape index (κ1) is 12.0. The molecule has 2 heteroatoms. The van der Waals surface area contributed by atoms with E-state index in [9.17, 15) is 0 Å². The average molecular weight is 244 g/mol. The van der Waals surface area contributed by atoms with Crippen molar-refractivity contribution in [3.8, 4) is 0 Å². The average Bonchev–Trinajstić information content (AvgIpc) is 2.47. The van der Waals surface area contributed by atoms with E-state index < -0.39 is 0 Å². The lowest BCUT2D eigenvalue weighted by atomic mass is 9.92. The predicted molar refractivity (Wildman–Crippen MR) is 77.1 cm³/mol. The van der Waals surface area contributed by atoms with E-state index in [0.29, 0.717) is 6.04 Å². The molecule has 0 radical (unpaired) electrons. The van der Waals surface area contributed by atoms with E-state index in [2.05, 4.69) is 35.3 Å². The molecule has 0 saturated carbocycles. The standard InChI is InChI=1S/C16H24N2/c1-2-13-6-7-15-14(12-13)16(8-9-17-15)18-10-4-3-5-11-18/h6-7,12,16-17H,2-5,8-11H2,1H3. The van der Waals surface area contributed by atoms with Crippen molar-refractivity contribution in [1.29, 1.82) is 0 Å². The van der Waals surface area contributed by atoms with Crippen LogP contribution in [0.5, 0.6) is 0 Å². The highest BCUT2D eigenvalue weighted by molar-refractivity contribution is 5.56. The summed E-state index contributed by atoms with van der Waals surface area (Å²) in [5, 5.41) is 3.56. The van der Waals surface area contributed by atoms with E-state index in [1.54, 1.807) is 5.56 Å². The third-order valence-electron chi connectivity index (χ3n) is 4.45. The van der Waals surface area contributed by atoms with Gasteiger partial charge in [0.15, 0.2) is 0 Å². The fourth-order valence-corrected chi connectivity index (χ4v) is 3.38. The molecule has 3 rings (SSSR count). The molecule has 2 heterocycles. The van der Waals surface area contributed by atoms with E-state index >= 15 is 0 Å². The number of rotatable bonds is 2. The lowest BCUT2D eigenvalue weighted by molar-refractivity contribution is 0.156. The lowest BCUT2D eigenvalue weighted by Crippen LogP contribution is -2.36. The second-order valence-electron chi connectivity index (χ2n) is 5.60. The molecule has 1 aromatic carbocycles. The zero-order valence-corrected chi connectivity index (χ0v) is 11.4. The Hall–Kier alpha value is -1.02. The number of hydrogen-bond acceptors (Lipinski definition) is 2. The van der Waals surface area contributed by atoms with Gasteiger partial charge >= 0.3 is 0 Å². The smallest absolute Gasteiger partial charge is 0.0388 e. The van der Waals surface area contributed by atoms with Gasteiger partial charge in [-0.25, -0.2) is 0 Å². The molecule has 1 unspecified atom stereocenters. The minimum absolute atomic E-state index is 0.660. The third-order valence-corrected chi connectivity index (χ3v) is 4.45. The van der Waals surface area contributed by atoms with Crippen LogP contribution in [0, 0.1) is 0 Å². The molecule has 1 fully saturated rings. The molecule has 0 bridgehead atoms. The Morgan fingerprint density at radius 2 is 2.06 bits per heavy atom. The van der Waals surface area contributed by atoms with Gasteiger partial charge in [0.1, 0.15) is 0 Å². The van der Waals surface area contributed by atoms with Crippen molar-refractivity contribution in [3.63, 3.8) is 0 Å². The van der Waals surface area contributed by atoms with Crippen LogP contribution < -0.4 is 5.32 Å². The van der Waals surface area contributed by atoms with Crippen LogP contribution in [0.25, 0.3) is 0 Å². The maximum atomic E-state index is 3.56. The van der Waals surface area contributed by atoms with E-state index in [0.717, 1.165) is 13.0 Å². The topological polar surface area (TPSA) is 15.3 Å². The summed E-state index contributed by atoms with van der Waals surface area (Å²) in [4.78, 5) is 2.71. The van der Waals surface area contributed by atoms with Gasteiger partial charge in [-0.3, -0.25) is 4.90 Å². The van der Waals surface area contributed by atoms with Gasteiger partial charge in [-0.1, -0.05) is 25.5 Å². The summed E-state index contributed by atoms with van der Waals surface area (Å²) < 4.78 is 0. The van der Waals surface area contributed by atoms with Crippen LogP contribution in [0.4, 0.5) is 5.69 Å². The van der Waals surface area contributed by atoms with Crippen LogP contribution in [-0.4, -0.2) is 24.5 Å². The van der Waals surface area contributed by atoms with Gasteiger partial charge in [-0.05, 0) is 56.0 Å². The number of piperidine rings is 1. The molecule has 2 aliphatic heterocycles. The SMILES string of the molecule is CCc1ccc2c(c1)C(N1CCCCC1)CCN2. The number of anilines is 1. The number of aryl methyl sites for hydroxylation is 1. The molecular weight excluding hydrogens is 220 g/mol. The van der Waals surface area contributed by atoms with Crippen molar-refractivity contribution in [3.05, 3.63) is 29.3 Å². The van der Waals surface area contributed by atoms with Crippen molar-refractivity contribution in [2.75, 3.05) is 25.0 Å². The quantitative estimate of drug-likeness (QED) is 0.855. The highest BCUT2D eigenvalue weighted by Gasteiger charge is 2.26. The molecule has 2 aliphatic rings. The summed E-state index contributed by atoms with van der Waals surface area (Å²) in [5.41, 5.74) is 4.39. The summed E-state index contributed by atoms with van der Waals surface area (Å²) in [6.07, 6.45) is 6.59. The normalized spacial score (nSPS) is 24.4. The van der Waals surface area contributed by atoms with E-state index in [1.165, 1.54) is 50.0 Å².